The number of rotatable bonds is 68. The molecule has 1 unspecified atom stereocenters. The number of hydrogen-bond acceptors (Lipinski definition) is 6. The van der Waals surface area contributed by atoms with Crippen molar-refractivity contribution in [3.05, 3.63) is 36.5 Å². The second kappa shape index (κ2) is 70.1. The average Bonchev–Trinajstić information content (AvgIpc) is 3.47. The molecule has 0 saturated carbocycles. The summed E-state index contributed by atoms with van der Waals surface area (Å²) in [6, 6.07) is 0. The highest BCUT2D eigenvalue weighted by atomic mass is 16.6. The Morgan fingerprint density at radius 3 is 0.716 bits per heavy atom. The molecule has 0 aromatic heterocycles. The maximum absolute atomic E-state index is 13.0. The first-order valence-corrected chi connectivity index (χ1v) is 36.5. The fourth-order valence-electron chi connectivity index (χ4n) is 11.1. The summed E-state index contributed by atoms with van der Waals surface area (Å²) >= 11 is 0. The molecule has 1 atom stereocenters. The van der Waals surface area contributed by atoms with Crippen LogP contribution >= 0.6 is 0 Å². The zero-order valence-corrected chi connectivity index (χ0v) is 54.8. The largest absolute Gasteiger partial charge is 0.462 e. The summed E-state index contributed by atoms with van der Waals surface area (Å²) in [7, 11) is 0. The highest BCUT2D eigenvalue weighted by Crippen LogP contribution is 2.19. The van der Waals surface area contributed by atoms with Gasteiger partial charge in [-0.3, -0.25) is 14.4 Å². The molecule has 0 aliphatic rings. The Balaban J connectivity index is 4.31. The zero-order valence-electron chi connectivity index (χ0n) is 54.8. The summed E-state index contributed by atoms with van der Waals surface area (Å²) < 4.78 is 17.0. The van der Waals surface area contributed by atoms with Crippen LogP contribution < -0.4 is 0 Å². The third kappa shape index (κ3) is 68.3. The van der Waals surface area contributed by atoms with Crippen molar-refractivity contribution in [1.82, 2.24) is 0 Å². The van der Waals surface area contributed by atoms with Crippen LogP contribution in [0.15, 0.2) is 36.5 Å². The van der Waals surface area contributed by atoms with Gasteiger partial charge in [-0.2, -0.15) is 0 Å². The van der Waals surface area contributed by atoms with Gasteiger partial charge in [0.05, 0.1) is 0 Å². The second-order valence-corrected chi connectivity index (χ2v) is 24.9. The quantitative estimate of drug-likeness (QED) is 0.0261. The van der Waals surface area contributed by atoms with Crippen LogP contribution in [0.25, 0.3) is 0 Å². The van der Waals surface area contributed by atoms with Crippen molar-refractivity contribution in [1.29, 1.82) is 0 Å². The molecule has 0 aliphatic carbocycles. The van der Waals surface area contributed by atoms with E-state index < -0.39 is 6.10 Å². The van der Waals surface area contributed by atoms with Gasteiger partial charge in [-0.25, -0.2) is 0 Å². The monoisotopic (exact) mass is 1140 g/mol. The van der Waals surface area contributed by atoms with Gasteiger partial charge in [0.1, 0.15) is 13.2 Å². The first-order valence-electron chi connectivity index (χ1n) is 36.5. The lowest BCUT2D eigenvalue weighted by molar-refractivity contribution is -0.167. The van der Waals surface area contributed by atoms with Crippen LogP contribution in [-0.2, 0) is 28.6 Å². The Morgan fingerprint density at radius 2 is 0.444 bits per heavy atom. The predicted molar refractivity (Wildman–Crippen MR) is 353 cm³/mol. The Hall–Kier alpha value is -2.37. The van der Waals surface area contributed by atoms with Gasteiger partial charge in [0.15, 0.2) is 6.10 Å². The van der Waals surface area contributed by atoms with Crippen molar-refractivity contribution >= 4 is 17.9 Å². The van der Waals surface area contributed by atoms with Gasteiger partial charge in [0, 0.05) is 19.3 Å². The SMILES string of the molecule is CCCCC/C=C\C/C=C\CCCCCCCCCCCC(=O)OCC(COC(=O)CCCCCCCCCCCCC/C=C\CCCCCCCCCC)OC(=O)CCCCCCCCCCCCCCCCCCCCCCC. The molecular weight excluding hydrogens is 997 g/mol. The first kappa shape index (κ1) is 78.6. The fourth-order valence-corrected chi connectivity index (χ4v) is 11.1. The summed E-state index contributed by atoms with van der Waals surface area (Å²) in [6.07, 6.45) is 87.4. The Labute approximate surface area is 506 Å². The van der Waals surface area contributed by atoms with Crippen molar-refractivity contribution in [2.45, 2.75) is 412 Å². The second-order valence-electron chi connectivity index (χ2n) is 24.9. The van der Waals surface area contributed by atoms with E-state index in [2.05, 4.69) is 57.2 Å². The minimum absolute atomic E-state index is 0.0687. The van der Waals surface area contributed by atoms with Gasteiger partial charge in [0.2, 0.25) is 0 Å². The lowest BCUT2D eigenvalue weighted by atomic mass is 10.0. The molecule has 0 aromatic rings. The maximum Gasteiger partial charge on any atom is 0.306 e. The van der Waals surface area contributed by atoms with E-state index in [4.69, 9.17) is 14.2 Å². The minimum atomic E-state index is -0.773. The summed E-state index contributed by atoms with van der Waals surface area (Å²) in [6.45, 7) is 6.70. The van der Waals surface area contributed by atoms with E-state index in [0.29, 0.717) is 19.3 Å². The molecule has 6 nitrogen and oxygen atoms in total. The van der Waals surface area contributed by atoms with Gasteiger partial charge in [-0.1, -0.05) is 346 Å². The first-order chi connectivity index (χ1) is 40.0. The van der Waals surface area contributed by atoms with Gasteiger partial charge in [0.25, 0.3) is 0 Å². The van der Waals surface area contributed by atoms with Crippen molar-refractivity contribution in [2.24, 2.45) is 0 Å². The maximum atomic E-state index is 13.0. The Bertz CT molecular complexity index is 1350. The molecule has 0 aromatic carbocycles. The normalized spacial score (nSPS) is 12.2. The molecular formula is C75H140O6. The van der Waals surface area contributed by atoms with Crippen molar-refractivity contribution in [3.63, 3.8) is 0 Å². The number of carbonyl (C=O) groups excluding carboxylic acids is 3. The molecule has 0 aliphatic heterocycles. The molecule has 0 bridgehead atoms. The van der Waals surface area contributed by atoms with E-state index >= 15 is 0 Å². The standard InChI is InChI=1S/C75H140O6/c1-4-7-10-13-16-19-22-25-28-31-34-36-37-39-41-44-47-50-53-56-59-62-65-68-74(77)80-71-72(70-79-73(76)67-64-61-58-55-52-49-46-43-40-33-30-27-24-21-18-15-12-9-6-3)81-75(78)69-66-63-60-57-54-51-48-45-42-38-35-32-29-26-23-20-17-14-11-8-5-2/h18,21,27,30-31,34,72H,4-17,19-20,22-26,28-29,32-33,35-71H2,1-3H3/b21-18-,30-27-,34-31-. The highest BCUT2D eigenvalue weighted by Gasteiger charge is 2.19. The number of esters is 3. The van der Waals surface area contributed by atoms with Crippen LogP contribution in [0.1, 0.15) is 406 Å². The number of carbonyl (C=O) groups is 3. The van der Waals surface area contributed by atoms with Crippen LogP contribution in [0.4, 0.5) is 0 Å². The smallest absolute Gasteiger partial charge is 0.306 e. The zero-order chi connectivity index (χ0) is 58.5. The van der Waals surface area contributed by atoms with E-state index in [1.54, 1.807) is 0 Å². The molecule has 0 heterocycles. The minimum Gasteiger partial charge on any atom is -0.462 e. The number of unbranched alkanes of at least 4 members (excludes halogenated alkanes) is 51. The van der Waals surface area contributed by atoms with Crippen LogP contribution in [0.3, 0.4) is 0 Å². The van der Waals surface area contributed by atoms with Crippen molar-refractivity contribution in [3.8, 4) is 0 Å². The third-order valence-corrected chi connectivity index (χ3v) is 16.6. The van der Waals surface area contributed by atoms with E-state index in [1.165, 1.54) is 302 Å². The van der Waals surface area contributed by atoms with Gasteiger partial charge in [-0.05, 0) is 77.0 Å². The molecule has 0 N–H and O–H groups in total. The summed E-state index contributed by atoms with van der Waals surface area (Å²) in [5.74, 6) is -0.841. The number of hydrogen-bond donors (Lipinski definition) is 0. The number of allylic oxidation sites excluding steroid dienone is 6. The molecule has 0 rings (SSSR count). The molecule has 81 heavy (non-hydrogen) atoms. The van der Waals surface area contributed by atoms with E-state index in [-0.39, 0.29) is 31.1 Å². The molecule has 6 heteroatoms. The van der Waals surface area contributed by atoms with E-state index in [1.807, 2.05) is 0 Å². The van der Waals surface area contributed by atoms with Crippen molar-refractivity contribution in [2.75, 3.05) is 13.2 Å². The topological polar surface area (TPSA) is 78.9 Å². The third-order valence-electron chi connectivity index (χ3n) is 16.6. The average molecular weight is 1140 g/mol. The molecule has 0 radical (unpaired) electrons. The van der Waals surface area contributed by atoms with Crippen LogP contribution in [0, 0.1) is 0 Å². The fraction of sp³-hybridized carbons (Fsp3) is 0.880. The molecule has 0 saturated heterocycles. The van der Waals surface area contributed by atoms with E-state index in [0.717, 1.165) is 64.2 Å². The van der Waals surface area contributed by atoms with Crippen LogP contribution in [0.5, 0.6) is 0 Å². The highest BCUT2D eigenvalue weighted by molar-refractivity contribution is 5.71. The summed E-state index contributed by atoms with van der Waals surface area (Å²) in [5, 5.41) is 0. The Kier molecular flexibility index (Phi) is 68.1. The lowest BCUT2D eigenvalue weighted by Crippen LogP contribution is -2.30. The predicted octanol–water partition coefficient (Wildman–Crippen LogP) is 25.1. The molecule has 476 valence electrons. The van der Waals surface area contributed by atoms with E-state index in [9.17, 15) is 14.4 Å². The van der Waals surface area contributed by atoms with Gasteiger partial charge >= 0.3 is 17.9 Å². The lowest BCUT2D eigenvalue weighted by Gasteiger charge is -2.18. The number of ether oxygens (including phenoxy) is 3. The van der Waals surface area contributed by atoms with Gasteiger partial charge < -0.3 is 14.2 Å². The molecule has 0 amide bonds. The molecule has 0 spiro atoms. The molecule has 0 fully saturated rings. The Morgan fingerprint density at radius 1 is 0.247 bits per heavy atom. The summed E-state index contributed by atoms with van der Waals surface area (Å²) in [5.41, 5.74) is 0. The van der Waals surface area contributed by atoms with Gasteiger partial charge in [-0.15, -0.1) is 0 Å². The van der Waals surface area contributed by atoms with Crippen molar-refractivity contribution < 1.29 is 28.6 Å². The van der Waals surface area contributed by atoms with Crippen LogP contribution in [-0.4, -0.2) is 37.2 Å². The van der Waals surface area contributed by atoms with Crippen LogP contribution in [0.2, 0.25) is 0 Å². The summed E-state index contributed by atoms with van der Waals surface area (Å²) in [4.78, 5) is 38.5.